The molecule has 1 aromatic carbocycles. The van der Waals surface area contributed by atoms with Crippen molar-refractivity contribution in [3.63, 3.8) is 0 Å². The van der Waals surface area contributed by atoms with Crippen LogP contribution in [0.5, 0.6) is 0 Å². The Kier molecular flexibility index (Phi) is 3.36. The van der Waals surface area contributed by atoms with E-state index in [-0.39, 0.29) is 18.0 Å². The lowest BCUT2D eigenvalue weighted by molar-refractivity contribution is 0.0572. The molecule has 0 bridgehead atoms. The van der Waals surface area contributed by atoms with Crippen molar-refractivity contribution >= 4 is 10.0 Å². The molecule has 0 amide bonds. The van der Waals surface area contributed by atoms with Crippen LogP contribution in [0.3, 0.4) is 0 Å². The highest BCUT2D eigenvalue weighted by Gasteiger charge is 2.37. The molecule has 0 saturated carbocycles. The zero-order valence-corrected chi connectivity index (χ0v) is 10.2. The first-order chi connectivity index (χ1) is 8.45. The Balaban J connectivity index is 2.29. The van der Waals surface area contributed by atoms with Crippen LogP contribution in [0.4, 0.5) is 0 Å². The summed E-state index contributed by atoms with van der Waals surface area (Å²) in [5.41, 5.74) is 0.371. The van der Waals surface area contributed by atoms with Gasteiger partial charge in [-0.3, -0.25) is 0 Å². The van der Waals surface area contributed by atoms with E-state index in [9.17, 15) is 18.6 Å². The minimum absolute atomic E-state index is 0.0443. The molecule has 96 valence electrons. The fraction of sp³-hybridized carbons (Fsp3) is 0.364. The third kappa shape index (κ3) is 2.23. The van der Waals surface area contributed by atoms with Crippen molar-refractivity contribution in [2.75, 3.05) is 13.1 Å². The zero-order chi connectivity index (χ0) is 13.3. The highest BCUT2D eigenvalue weighted by Crippen LogP contribution is 2.21. The van der Waals surface area contributed by atoms with Crippen LogP contribution >= 0.6 is 0 Å². The lowest BCUT2D eigenvalue weighted by atomic mass is 10.2. The Labute approximate surface area is 105 Å². The molecule has 1 saturated heterocycles. The number of sulfonamides is 1. The fourth-order valence-corrected chi connectivity index (χ4v) is 3.26. The van der Waals surface area contributed by atoms with E-state index in [0.29, 0.717) is 5.56 Å². The SMILES string of the molecule is N#Cc1ccc(S(=O)(=O)N2C[C@@H](O)[C@@H](O)C2)cc1. The third-order valence-corrected chi connectivity index (χ3v) is 4.69. The van der Waals surface area contributed by atoms with Gasteiger partial charge in [-0.1, -0.05) is 0 Å². The molecule has 2 N–H and O–H groups in total. The first kappa shape index (κ1) is 13.0. The van der Waals surface area contributed by atoms with Gasteiger partial charge in [-0.25, -0.2) is 8.42 Å². The third-order valence-electron chi connectivity index (χ3n) is 2.85. The van der Waals surface area contributed by atoms with E-state index in [2.05, 4.69) is 0 Å². The summed E-state index contributed by atoms with van der Waals surface area (Å²) in [5, 5.41) is 27.4. The molecule has 0 unspecified atom stereocenters. The Bertz CT molecular complexity index is 566. The maximum Gasteiger partial charge on any atom is 0.243 e. The predicted octanol–water partition coefficient (Wildman–Crippen LogP) is -0.716. The molecule has 1 aliphatic heterocycles. The van der Waals surface area contributed by atoms with Crippen LogP contribution in [0.25, 0.3) is 0 Å². The van der Waals surface area contributed by atoms with Gasteiger partial charge in [0.1, 0.15) is 0 Å². The van der Waals surface area contributed by atoms with Crippen molar-refractivity contribution in [3.8, 4) is 6.07 Å². The number of nitriles is 1. The molecule has 0 aliphatic carbocycles. The van der Waals surface area contributed by atoms with E-state index >= 15 is 0 Å². The van der Waals surface area contributed by atoms with E-state index in [4.69, 9.17) is 5.26 Å². The van der Waals surface area contributed by atoms with E-state index in [1.807, 2.05) is 6.07 Å². The maximum absolute atomic E-state index is 12.1. The van der Waals surface area contributed by atoms with Gasteiger partial charge >= 0.3 is 0 Å². The Morgan fingerprint density at radius 3 is 2.11 bits per heavy atom. The van der Waals surface area contributed by atoms with Crippen LogP contribution < -0.4 is 0 Å². The van der Waals surface area contributed by atoms with Crippen LogP contribution in [0.15, 0.2) is 29.2 Å². The van der Waals surface area contributed by atoms with Crippen LogP contribution in [-0.4, -0.2) is 48.2 Å². The van der Waals surface area contributed by atoms with Crippen molar-refractivity contribution in [2.45, 2.75) is 17.1 Å². The predicted molar refractivity (Wildman–Crippen MR) is 61.9 cm³/mol. The lowest BCUT2D eigenvalue weighted by Crippen LogP contribution is -2.29. The van der Waals surface area contributed by atoms with Gasteiger partial charge in [-0.2, -0.15) is 9.57 Å². The molecule has 1 aromatic rings. The number of rotatable bonds is 2. The Morgan fingerprint density at radius 2 is 1.67 bits per heavy atom. The minimum atomic E-state index is -3.73. The summed E-state index contributed by atoms with van der Waals surface area (Å²) >= 11 is 0. The van der Waals surface area contributed by atoms with E-state index in [0.717, 1.165) is 4.31 Å². The van der Waals surface area contributed by atoms with Crippen molar-refractivity contribution in [3.05, 3.63) is 29.8 Å². The van der Waals surface area contributed by atoms with Gasteiger partial charge < -0.3 is 10.2 Å². The summed E-state index contributed by atoms with van der Waals surface area (Å²) in [7, 11) is -3.73. The van der Waals surface area contributed by atoms with Crippen LogP contribution in [-0.2, 0) is 10.0 Å². The molecular formula is C11H12N2O4S. The van der Waals surface area contributed by atoms with E-state index in [1.165, 1.54) is 24.3 Å². The maximum atomic E-state index is 12.1. The minimum Gasteiger partial charge on any atom is -0.389 e. The second-order valence-electron chi connectivity index (χ2n) is 4.09. The topological polar surface area (TPSA) is 102 Å². The molecule has 2 atom stereocenters. The van der Waals surface area contributed by atoms with Crippen LogP contribution in [0, 0.1) is 11.3 Å². The van der Waals surface area contributed by atoms with Crippen molar-refractivity contribution in [1.82, 2.24) is 4.31 Å². The summed E-state index contributed by atoms with van der Waals surface area (Å²) in [6.45, 7) is -0.243. The quantitative estimate of drug-likeness (QED) is 0.737. The summed E-state index contributed by atoms with van der Waals surface area (Å²) < 4.78 is 25.3. The number of benzene rings is 1. The van der Waals surface area contributed by atoms with Gasteiger partial charge in [0.15, 0.2) is 0 Å². The van der Waals surface area contributed by atoms with Gasteiger partial charge in [-0.15, -0.1) is 0 Å². The first-order valence-corrected chi connectivity index (χ1v) is 6.75. The molecule has 7 heteroatoms. The summed E-state index contributed by atoms with van der Waals surface area (Å²) in [6.07, 6.45) is -2.11. The van der Waals surface area contributed by atoms with Gasteiger partial charge in [-0.05, 0) is 24.3 Å². The Hall–Kier alpha value is -1.46. The van der Waals surface area contributed by atoms with Crippen molar-refractivity contribution in [2.24, 2.45) is 0 Å². The fourth-order valence-electron chi connectivity index (χ4n) is 1.78. The number of aliphatic hydroxyl groups excluding tert-OH is 2. The van der Waals surface area contributed by atoms with Gasteiger partial charge in [0.05, 0.1) is 28.7 Å². The number of hydrogen-bond acceptors (Lipinski definition) is 5. The summed E-state index contributed by atoms with van der Waals surface area (Å²) in [6, 6.07) is 7.40. The standard InChI is InChI=1S/C11H12N2O4S/c12-5-8-1-3-9(4-2-8)18(16,17)13-6-10(14)11(15)7-13/h1-4,10-11,14-15H,6-7H2/t10-,11+. The summed E-state index contributed by atoms with van der Waals surface area (Å²) in [4.78, 5) is 0.0443. The lowest BCUT2D eigenvalue weighted by Gasteiger charge is -2.15. The average Bonchev–Trinajstić information content (AvgIpc) is 2.70. The number of hydrogen-bond donors (Lipinski definition) is 2. The molecule has 0 aromatic heterocycles. The molecule has 1 aliphatic rings. The average molecular weight is 268 g/mol. The largest absolute Gasteiger partial charge is 0.389 e. The Morgan fingerprint density at radius 1 is 1.17 bits per heavy atom. The number of β-amino-alcohol motifs (C(OH)–C–C–N with tert-alkyl or cyclic N) is 2. The van der Waals surface area contributed by atoms with Gasteiger partial charge in [0.25, 0.3) is 0 Å². The molecule has 1 fully saturated rings. The smallest absolute Gasteiger partial charge is 0.243 e. The molecule has 0 spiro atoms. The zero-order valence-electron chi connectivity index (χ0n) is 9.39. The summed E-state index contributed by atoms with van der Waals surface area (Å²) in [5.74, 6) is 0. The second kappa shape index (κ2) is 4.66. The highest BCUT2D eigenvalue weighted by molar-refractivity contribution is 7.89. The number of aliphatic hydroxyl groups is 2. The van der Waals surface area contributed by atoms with Gasteiger partial charge in [0.2, 0.25) is 10.0 Å². The van der Waals surface area contributed by atoms with E-state index in [1.54, 1.807) is 0 Å². The normalized spacial score (nSPS) is 24.9. The van der Waals surface area contributed by atoms with E-state index < -0.39 is 22.2 Å². The molecule has 18 heavy (non-hydrogen) atoms. The molecular weight excluding hydrogens is 256 g/mol. The molecule has 0 radical (unpaired) electrons. The van der Waals surface area contributed by atoms with Crippen LogP contribution in [0.1, 0.15) is 5.56 Å². The highest BCUT2D eigenvalue weighted by atomic mass is 32.2. The molecule has 1 heterocycles. The van der Waals surface area contributed by atoms with Crippen molar-refractivity contribution < 1.29 is 18.6 Å². The van der Waals surface area contributed by atoms with Crippen molar-refractivity contribution in [1.29, 1.82) is 5.26 Å². The number of nitrogens with zero attached hydrogens (tertiary/aromatic N) is 2. The monoisotopic (exact) mass is 268 g/mol. The first-order valence-electron chi connectivity index (χ1n) is 5.31. The molecule has 2 rings (SSSR count). The van der Waals surface area contributed by atoms with Gasteiger partial charge in [0, 0.05) is 13.1 Å². The molecule has 6 nitrogen and oxygen atoms in total. The second-order valence-corrected chi connectivity index (χ2v) is 6.03. The van der Waals surface area contributed by atoms with Crippen LogP contribution in [0.2, 0.25) is 0 Å².